The average Bonchev–Trinajstić information content (AvgIpc) is 2.98. The minimum atomic E-state index is -4.41. The third kappa shape index (κ3) is 4.69. The fourth-order valence-electron chi connectivity index (χ4n) is 3.00. The number of amides is 1. The van der Waals surface area contributed by atoms with Gasteiger partial charge in [0.25, 0.3) is 5.91 Å². The zero-order valence-corrected chi connectivity index (χ0v) is 15.0. The highest BCUT2D eigenvalue weighted by Crippen LogP contribution is 2.25. The first-order valence-electron chi connectivity index (χ1n) is 8.14. The Balaban J connectivity index is 0.00000243. The number of halogens is 4. The lowest BCUT2D eigenvalue weighted by Gasteiger charge is -2.35. The largest absolute Gasteiger partial charge is 0.451 e. The fourth-order valence-corrected chi connectivity index (χ4v) is 3.00. The Kier molecular flexibility index (Phi) is 6.54. The summed E-state index contributed by atoms with van der Waals surface area (Å²) in [5, 5.41) is 6.13. The number of carbonyl (C=O) groups is 1. The standard InChI is InChI=1S/C17H20F3N3O2.ClH/c1-11-2-3-13-12(8-11)9-14(25-13)16(24)22-10-15(17(18,19)20)23-6-4-21-5-7-23;/h2-3,8-9,15,21H,4-7,10H2,1H3,(H,22,24);1H. The summed E-state index contributed by atoms with van der Waals surface area (Å²) in [6.07, 6.45) is -4.41. The van der Waals surface area contributed by atoms with Gasteiger partial charge in [0.2, 0.25) is 0 Å². The molecule has 5 nitrogen and oxygen atoms in total. The van der Waals surface area contributed by atoms with Crippen LogP contribution in [0.5, 0.6) is 0 Å². The number of hydrogen-bond donors (Lipinski definition) is 2. The maximum atomic E-state index is 13.3. The topological polar surface area (TPSA) is 57.5 Å². The van der Waals surface area contributed by atoms with Crippen molar-refractivity contribution in [3.63, 3.8) is 0 Å². The first kappa shape index (κ1) is 20.5. The minimum absolute atomic E-state index is 0. The smallest absolute Gasteiger partial charge is 0.405 e. The molecule has 0 radical (unpaired) electrons. The molecule has 1 fully saturated rings. The Bertz CT molecular complexity index is 757. The number of furan rings is 1. The first-order valence-corrected chi connectivity index (χ1v) is 8.14. The van der Waals surface area contributed by atoms with Crippen LogP contribution in [0.2, 0.25) is 0 Å². The van der Waals surface area contributed by atoms with Gasteiger partial charge in [-0.3, -0.25) is 9.69 Å². The van der Waals surface area contributed by atoms with Crippen molar-refractivity contribution < 1.29 is 22.4 Å². The first-order chi connectivity index (χ1) is 11.8. The number of piperazine rings is 1. The lowest BCUT2D eigenvalue weighted by atomic mass is 10.2. The Morgan fingerprint density at radius 1 is 1.31 bits per heavy atom. The number of nitrogens with one attached hydrogen (secondary N) is 2. The second kappa shape index (κ2) is 8.28. The molecule has 2 N–H and O–H groups in total. The second-order valence-electron chi connectivity index (χ2n) is 6.21. The molecule has 9 heteroatoms. The van der Waals surface area contributed by atoms with Crippen molar-refractivity contribution in [2.24, 2.45) is 0 Å². The molecular formula is C17H21ClF3N3O2. The van der Waals surface area contributed by atoms with Gasteiger partial charge in [-0.1, -0.05) is 11.6 Å². The van der Waals surface area contributed by atoms with E-state index in [4.69, 9.17) is 4.42 Å². The fraction of sp³-hybridized carbons (Fsp3) is 0.471. The van der Waals surface area contributed by atoms with E-state index in [2.05, 4.69) is 10.6 Å². The Morgan fingerprint density at radius 2 is 2.00 bits per heavy atom. The van der Waals surface area contributed by atoms with Crippen molar-refractivity contribution >= 4 is 29.3 Å². The van der Waals surface area contributed by atoms with Gasteiger partial charge in [0.05, 0.1) is 0 Å². The number of rotatable bonds is 4. The minimum Gasteiger partial charge on any atom is -0.451 e. The number of benzene rings is 1. The van der Waals surface area contributed by atoms with E-state index < -0.39 is 24.7 Å². The van der Waals surface area contributed by atoms with Crippen molar-refractivity contribution in [2.45, 2.75) is 19.1 Å². The summed E-state index contributed by atoms with van der Waals surface area (Å²) in [5.74, 6) is -0.625. The monoisotopic (exact) mass is 391 g/mol. The number of fused-ring (bicyclic) bond motifs is 1. The molecule has 0 spiro atoms. The molecular weight excluding hydrogens is 371 g/mol. The number of hydrogen-bond acceptors (Lipinski definition) is 4. The van der Waals surface area contributed by atoms with Crippen LogP contribution in [-0.4, -0.2) is 55.7 Å². The van der Waals surface area contributed by atoms with E-state index in [1.165, 1.54) is 4.90 Å². The van der Waals surface area contributed by atoms with Crippen molar-refractivity contribution in [2.75, 3.05) is 32.7 Å². The van der Waals surface area contributed by atoms with E-state index in [1.54, 1.807) is 12.1 Å². The lowest BCUT2D eigenvalue weighted by Crippen LogP contribution is -2.57. The van der Waals surface area contributed by atoms with Gasteiger partial charge in [-0.25, -0.2) is 0 Å². The molecule has 0 aliphatic carbocycles. The molecule has 0 bridgehead atoms. The summed E-state index contributed by atoms with van der Waals surface area (Å²) in [5.41, 5.74) is 1.54. The van der Waals surface area contributed by atoms with E-state index in [-0.39, 0.29) is 18.2 Å². The second-order valence-corrected chi connectivity index (χ2v) is 6.21. The van der Waals surface area contributed by atoms with Crippen LogP contribution in [0.15, 0.2) is 28.7 Å². The maximum Gasteiger partial charge on any atom is 0.405 e. The highest BCUT2D eigenvalue weighted by molar-refractivity contribution is 5.96. The Morgan fingerprint density at radius 3 is 2.65 bits per heavy atom. The van der Waals surface area contributed by atoms with Crippen LogP contribution < -0.4 is 10.6 Å². The van der Waals surface area contributed by atoms with Crippen molar-refractivity contribution in [3.8, 4) is 0 Å². The maximum absolute atomic E-state index is 13.3. The van der Waals surface area contributed by atoms with Gasteiger partial charge < -0.3 is 15.1 Å². The molecule has 3 rings (SSSR count). The SMILES string of the molecule is Cc1ccc2oc(C(=O)NCC(N3CCNCC3)C(F)(F)F)cc2c1.Cl. The van der Waals surface area contributed by atoms with Gasteiger partial charge in [0.1, 0.15) is 11.6 Å². The van der Waals surface area contributed by atoms with Crippen LogP contribution in [0.3, 0.4) is 0 Å². The van der Waals surface area contributed by atoms with E-state index in [0.29, 0.717) is 31.8 Å². The molecule has 1 aromatic carbocycles. The summed E-state index contributed by atoms with van der Waals surface area (Å²) in [6, 6.07) is 5.28. The Hall–Kier alpha value is -1.77. The summed E-state index contributed by atoms with van der Waals surface area (Å²) >= 11 is 0. The van der Waals surface area contributed by atoms with Crippen molar-refractivity contribution in [1.29, 1.82) is 0 Å². The highest BCUT2D eigenvalue weighted by Gasteiger charge is 2.43. The van der Waals surface area contributed by atoms with E-state index in [0.717, 1.165) is 10.9 Å². The van der Waals surface area contributed by atoms with E-state index >= 15 is 0 Å². The van der Waals surface area contributed by atoms with Crippen LogP contribution >= 0.6 is 12.4 Å². The van der Waals surface area contributed by atoms with E-state index in [9.17, 15) is 18.0 Å². The lowest BCUT2D eigenvalue weighted by molar-refractivity contribution is -0.183. The van der Waals surface area contributed by atoms with Crippen molar-refractivity contribution in [3.05, 3.63) is 35.6 Å². The van der Waals surface area contributed by atoms with Crippen LogP contribution in [-0.2, 0) is 0 Å². The van der Waals surface area contributed by atoms with Crippen molar-refractivity contribution in [1.82, 2.24) is 15.5 Å². The molecule has 2 heterocycles. The zero-order valence-electron chi connectivity index (χ0n) is 14.2. The van der Waals surface area contributed by atoms with E-state index in [1.807, 2.05) is 19.1 Å². The predicted molar refractivity (Wildman–Crippen MR) is 94.8 cm³/mol. The number of carbonyl (C=O) groups excluding carboxylic acids is 1. The van der Waals surface area contributed by atoms with Gasteiger partial charge in [0.15, 0.2) is 5.76 Å². The van der Waals surface area contributed by atoms with Gasteiger partial charge in [0, 0.05) is 38.1 Å². The van der Waals surface area contributed by atoms with Gasteiger partial charge >= 0.3 is 6.18 Å². The molecule has 1 atom stereocenters. The molecule has 1 saturated heterocycles. The molecule has 1 unspecified atom stereocenters. The molecule has 144 valence electrons. The third-order valence-electron chi connectivity index (χ3n) is 4.32. The van der Waals surface area contributed by atoms with Gasteiger partial charge in [-0.2, -0.15) is 13.2 Å². The molecule has 1 aromatic heterocycles. The van der Waals surface area contributed by atoms with Crippen LogP contribution in [0.4, 0.5) is 13.2 Å². The number of nitrogens with zero attached hydrogens (tertiary/aromatic N) is 1. The third-order valence-corrected chi connectivity index (χ3v) is 4.32. The predicted octanol–water partition coefficient (Wildman–Crippen LogP) is 2.73. The van der Waals surface area contributed by atoms with Gasteiger partial charge in [-0.05, 0) is 25.1 Å². The quantitative estimate of drug-likeness (QED) is 0.841. The Labute approximate surface area is 155 Å². The molecule has 1 aliphatic rings. The molecule has 1 amide bonds. The summed E-state index contributed by atoms with van der Waals surface area (Å²) in [6.45, 7) is 3.01. The van der Waals surface area contributed by atoms with Crippen LogP contribution in [0.1, 0.15) is 16.1 Å². The molecule has 0 saturated carbocycles. The molecule has 1 aliphatic heterocycles. The summed E-state index contributed by atoms with van der Waals surface area (Å²) < 4.78 is 45.4. The van der Waals surface area contributed by atoms with Crippen LogP contribution in [0.25, 0.3) is 11.0 Å². The molecule has 26 heavy (non-hydrogen) atoms. The van der Waals surface area contributed by atoms with Crippen LogP contribution in [0, 0.1) is 6.92 Å². The molecule has 2 aromatic rings. The zero-order chi connectivity index (χ0) is 18.0. The summed E-state index contributed by atoms with van der Waals surface area (Å²) in [4.78, 5) is 13.6. The summed E-state index contributed by atoms with van der Waals surface area (Å²) in [7, 11) is 0. The van der Waals surface area contributed by atoms with Gasteiger partial charge in [-0.15, -0.1) is 12.4 Å². The average molecular weight is 392 g/mol. The highest BCUT2D eigenvalue weighted by atomic mass is 35.5. The number of aryl methyl sites for hydroxylation is 1. The number of alkyl halides is 3. The normalized spacial score (nSPS) is 16.9.